The number of ether oxygens (including phenoxy) is 1. The lowest BCUT2D eigenvalue weighted by atomic mass is 9.94. The number of methoxy groups -OCH3 is 1. The number of benzene rings is 2. The fourth-order valence-electron chi connectivity index (χ4n) is 3.40. The molecule has 0 radical (unpaired) electrons. The minimum Gasteiger partial charge on any atom is -0.496 e. The maximum absolute atomic E-state index is 13.8. The van der Waals surface area contributed by atoms with E-state index in [0.29, 0.717) is 5.75 Å². The second kappa shape index (κ2) is 5.65. The fraction of sp³-hybridized carbons (Fsp3) is 0.222. The molecule has 0 aliphatic carbocycles. The van der Waals surface area contributed by atoms with Gasteiger partial charge in [-0.15, -0.1) is 0 Å². The standard InChI is InChI=1S/C18H16BrFN2O/c1-23-16-5-3-11(20)9-14(16)17-18-12(6-7-21-17)13-8-10(19)2-4-15(13)22-18/h2-5,8-9,17,21-22H,6-7H2,1H3. The summed E-state index contributed by atoms with van der Waals surface area (Å²) in [5, 5.41) is 4.70. The van der Waals surface area contributed by atoms with Crippen molar-refractivity contribution in [3.63, 3.8) is 0 Å². The highest BCUT2D eigenvalue weighted by Crippen LogP contribution is 2.37. The van der Waals surface area contributed by atoms with Gasteiger partial charge in [0.2, 0.25) is 0 Å². The van der Waals surface area contributed by atoms with E-state index in [1.54, 1.807) is 19.2 Å². The molecule has 0 saturated carbocycles. The molecule has 1 atom stereocenters. The van der Waals surface area contributed by atoms with Crippen LogP contribution in [-0.4, -0.2) is 18.6 Å². The molecule has 1 aromatic heterocycles. The van der Waals surface area contributed by atoms with Crippen molar-refractivity contribution in [2.45, 2.75) is 12.5 Å². The molecule has 118 valence electrons. The number of fused-ring (bicyclic) bond motifs is 3. The molecule has 23 heavy (non-hydrogen) atoms. The van der Waals surface area contributed by atoms with Crippen molar-refractivity contribution in [2.24, 2.45) is 0 Å². The predicted octanol–water partition coefficient (Wildman–Crippen LogP) is 4.31. The summed E-state index contributed by atoms with van der Waals surface area (Å²) in [4.78, 5) is 3.50. The number of hydrogen-bond acceptors (Lipinski definition) is 2. The summed E-state index contributed by atoms with van der Waals surface area (Å²) in [6, 6.07) is 10.8. The quantitative estimate of drug-likeness (QED) is 0.700. The number of halogens is 2. The van der Waals surface area contributed by atoms with Crippen LogP contribution < -0.4 is 10.1 Å². The summed E-state index contributed by atoms with van der Waals surface area (Å²) < 4.78 is 20.3. The summed E-state index contributed by atoms with van der Waals surface area (Å²) in [7, 11) is 1.61. The molecule has 1 unspecified atom stereocenters. The third-order valence-corrected chi connectivity index (χ3v) is 4.91. The Morgan fingerprint density at radius 2 is 2.09 bits per heavy atom. The maximum Gasteiger partial charge on any atom is 0.124 e. The van der Waals surface area contributed by atoms with Crippen LogP contribution in [0.3, 0.4) is 0 Å². The lowest BCUT2D eigenvalue weighted by molar-refractivity contribution is 0.400. The monoisotopic (exact) mass is 374 g/mol. The Hall–Kier alpha value is -1.85. The molecule has 0 amide bonds. The average Bonchev–Trinajstić information content (AvgIpc) is 2.92. The Morgan fingerprint density at radius 1 is 1.22 bits per heavy atom. The van der Waals surface area contributed by atoms with Gasteiger partial charge >= 0.3 is 0 Å². The van der Waals surface area contributed by atoms with E-state index in [2.05, 4.69) is 38.4 Å². The normalized spacial score (nSPS) is 17.3. The fourth-order valence-corrected chi connectivity index (χ4v) is 3.76. The van der Waals surface area contributed by atoms with Gasteiger partial charge in [-0.25, -0.2) is 4.39 Å². The lowest BCUT2D eigenvalue weighted by Gasteiger charge is -2.26. The highest BCUT2D eigenvalue weighted by Gasteiger charge is 2.27. The number of aromatic nitrogens is 1. The van der Waals surface area contributed by atoms with E-state index >= 15 is 0 Å². The number of rotatable bonds is 2. The van der Waals surface area contributed by atoms with Crippen LogP contribution in [0.2, 0.25) is 0 Å². The highest BCUT2D eigenvalue weighted by molar-refractivity contribution is 9.10. The average molecular weight is 375 g/mol. The van der Waals surface area contributed by atoms with E-state index in [1.807, 2.05) is 6.07 Å². The second-order valence-electron chi connectivity index (χ2n) is 5.73. The van der Waals surface area contributed by atoms with Crippen molar-refractivity contribution in [3.05, 3.63) is 63.5 Å². The van der Waals surface area contributed by atoms with Crippen LogP contribution in [0.15, 0.2) is 40.9 Å². The SMILES string of the molecule is COc1ccc(F)cc1C1NCCc2c1[nH]c1ccc(Br)cc21. The van der Waals surface area contributed by atoms with Crippen LogP contribution in [0, 0.1) is 5.82 Å². The van der Waals surface area contributed by atoms with Gasteiger partial charge in [0, 0.05) is 33.2 Å². The van der Waals surface area contributed by atoms with Gasteiger partial charge < -0.3 is 15.0 Å². The van der Waals surface area contributed by atoms with Gasteiger partial charge in [0.15, 0.2) is 0 Å². The van der Waals surface area contributed by atoms with E-state index in [-0.39, 0.29) is 11.9 Å². The summed E-state index contributed by atoms with van der Waals surface area (Å²) >= 11 is 3.54. The van der Waals surface area contributed by atoms with Gasteiger partial charge in [-0.2, -0.15) is 0 Å². The number of aromatic amines is 1. The minimum absolute atomic E-state index is 0.101. The van der Waals surface area contributed by atoms with Crippen molar-refractivity contribution < 1.29 is 9.13 Å². The molecule has 1 aliphatic rings. The Labute approximate surface area is 142 Å². The number of nitrogens with one attached hydrogen (secondary N) is 2. The molecule has 2 aromatic carbocycles. The summed E-state index contributed by atoms with van der Waals surface area (Å²) in [5.74, 6) is 0.435. The van der Waals surface area contributed by atoms with E-state index in [1.165, 1.54) is 17.0 Å². The highest BCUT2D eigenvalue weighted by atomic mass is 79.9. The molecule has 3 nitrogen and oxygen atoms in total. The van der Waals surface area contributed by atoms with Crippen LogP contribution in [0.1, 0.15) is 22.9 Å². The molecule has 5 heteroatoms. The first-order valence-corrected chi connectivity index (χ1v) is 8.33. The third-order valence-electron chi connectivity index (χ3n) is 4.42. The van der Waals surface area contributed by atoms with Crippen LogP contribution in [0.25, 0.3) is 10.9 Å². The first-order valence-electron chi connectivity index (χ1n) is 7.54. The first-order chi connectivity index (χ1) is 11.2. The van der Waals surface area contributed by atoms with E-state index in [4.69, 9.17) is 4.74 Å². The van der Waals surface area contributed by atoms with Gasteiger partial charge in [-0.3, -0.25) is 0 Å². The number of hydrogen-bond donors (Lipinski definition) is 2. The zero-order valence-electron chi connectivity index (χ0n) is 12.6. The molecule has 2 N–H and O–H groups in total. The largest absolute Gasteiger partial charge is 0.496 e. The predicted molar refractivity (Wildman–Crippen MR) is 92.5 cm³/mol. The van der Waals surface area contributed by atoms with Crippen LogP contribution in [0.5, 0.6) is 5.75 Å². The van der Waals surface area contributed by atoms with E-state index in [9.17, 15) is 4.39 Å². The molecule has 1 aliphatic heterocycles. The van der Waals surface area contributed by atoms with Crippen LogP contribution in [0.4, 0.5) is 4.39 Å². The van der Waals surface area contributed by atoms with Crippen LogP contribution >= 0.6 is 15.9 Å². The molecular weight excluding hydrogens is 359 g/mol. The molecule has 0 saturated heterocycles. The Morgan fingerprint density at radius 3 is 2.91 bits per heavy atom. The van der Waals surface area contributed by atoms with Crippen molar-refractivity contribution in [1.82, 2.24) is 10.3 Å². The maximum atomic E-state index is 13.8. The van der Waals surface area contributed by atoms with E-state index < -0.39 is 0 Å². The molecule has 0 spiro atoms. The molecule has 0 bridgehead atoms. The van der Waals surface area contributed by atoms with Crippen LogP contribution in [-0.2, 0) is 6.42 Å². The van der Waals surface area contributed by atoms with Gasteiger partial charge in [0.1, 0.15) is 11.6 Å². The summed E-state index contributed by atoms with van der Waals surface area (Å²) in [6.07, 6.45) is 0.944. The van der Waals surface area contributed by atoms with Gasteiger partial charge in [-0.1, -0.05) is 15.9 Å². The van der Waals surface area contributed by atoms with Crippen molar-refractivity contribution >= 4 is 26.8 Å². The van der Waals surface area contributed by atoms with Gasteiger partial charge in [0.25, 0.3) is 0 Å². The minimum atomic E-state index is -0.256. The molecule has 4 rings (SSSR count). The van der Waals surface area contributed by atoms with Crippen molar-refractivity contribution in [1.29, 1.82) is 0 Å². The Bertz CT molecular complexity index is 890. The van der Waals surface area contributed by atoms with Crippen molar-refractivity contribution in [3.8, 4) is 5.75 Å². The van der Waals surface area contributed by atoms with Gasteiger partial charge in [0.05, 0.1) is 13.2 Å². The molecular formula is C18H16BrFN2O. The summed E-state index contributed by atoms with van der Waals surface area (Å²) in [5.41, 5.74) is 4.30. The first kappa shape index (κ1) is 14.7. The topological polar surface area (TPSA) is 37.0 Å². The Kier molecular flexibility index (Phi) is 3.62. The third kappa shape index (κ3) is 2.44. The molecule has 2 heterocycles. The smallest absolute Gasteiger partial charge is 0.124 e. The second-order valence-corrected chi connectivity index (χ2v) is 6.65. The van der Waals surface area contributed by atoms with E-state index in [0.717, 1.165) is 34.2 Å². The Balaban J connectivity index is 1.91. The molecule has 3 aromatic rings. The number of H-pyrrole nitrogens is 1. The lowest BCUT2D eigenvalue weighted by Crippen LogP contribution is -2.30. The summed E-state index contributed by atoms with van der Waals surface area (Å²) in [6.45, 7) is 0.844. The zero-order valence-corrected chi connectivity index (χ0v) is 14.2. The van der Waals surface area contributed by atoms with Crippen molar-refractivity contribution in [2.75, 3.05) is 13.7 Å². The molecule has 0 fully saturated rings. The zero-order chi connectivity index (χ0) is 16.0. The van der Waals surface area contributed by atoms with Gasteiger partial charge in [-0.05, 0) is 48.4 Å².